The minimum absolute atomic E-state index is 0.263. The summed E-state index contributed by atoms with van der Waals surface area (Å²) in [5.41, 5.74) is 0.769. The SMILES string of the molecule is COc1c(F)cc(Br)cc1CCC(C)O. The van der Waals surface area contributed by atoms with Crippen LogP contribution in [0.1, 0.15) is 18.9 Å². The summed E-state index contributed by atoms with van der Waals surface area (Å²) in [5, 5.41) is 9.17. The number of ether oxygens (including phenoxy) is 1. The number of rotatable bonds is 4. The van der Waals surface area contributed by atoms with Crippen molar-refractivity contribution in [3.05, 3.63) is 28.0 Å². The van der Waals surface area contributed by atoms with Gasteiger partial charge in [-0.25, -0.2) is 4.39 Å². The summed E-state index contributed by atoms with van der Waals surface area (Å²) in [7, 11) is 1.44. The van der Waals surface area contributed by atoms with Crippen molar-refractivity contribution in [2.75, 3.05) is 7.11 Å². The van der Waals surface area contributed by atoms with Crippen molar-refractivity contribution in [1.29, 1.82) is 0 Å². The van der Waals surface area contributed by atoms with E-state index in [9.17, 15) is 4.39 Å². The fourth-order valence-corrected chi connectivity index (χ4v) is 1.87. The average molecular weight is 277 g/mol. The maximum Gasteiger partial charge on any atom is 0.166 e. The van der Waals surface area contributed by atoms with E-state index in [0.717, 1.165) is 5.56 Å². The first-order chi connectivity index (χ1) is 7.04. The highest BCUT2D eigenvalue weighted by atomic mass is 79.9. The van der Waals surface area contributed by atoms with Crippen LogP contribution < -0.4 is 4.74 Å². The number of hydrogen-bond acceptors (Lipinski definition) is 2. The first-order valence-corrected chi connectivity index (χ1v) is 5.54. The second-order valence-electron chi connectivity index (χ2n) is 3.47. The molecule has 0 aliphatic heterocycles. The summed E-state index contributed by atoms with van der Waals surface area (Å²) < 4.78 is 19.1. The number of benzene rings is 1. The third kappa shape index (κ3) is 3.47. The zero-order valence-corrected chi connectivity index (χ0v) is 10.3. The molecule has 4 heteroatoms. The predicted molar refractivity (Wildman–Crippen MR) is 60.7 cm³/mol. The lowest BCUT2D eigenvalue weighted by atomic mass is 10.1. The molecule has 1 aromatic carbocycles. The third-order valence-electron chi connectivity index (χ3n) is 2.12. The van der Waals surface area contributed by atoms with Gasteiger partial charge in [-0.2, -0.15) is 0 Å². The van der Waals surface area contributed by atoms with Crippen LogP contribution in [-0.4, -0.2) is 18.3 Å². The molecule has 1 unspecified atom stereocenters. The number of aryl methyl sites for hydroxylation is 1. The monoisotopic (exact) mass is 276 g/mol. The molecular weight excluding hydrogens is 263 g/mol. The van der Waals surface area contributed by atoms with E-state index in [2.05, 4.69) is 15.9 Å². The highest BCUT2D eigenvalue weighted by Crippen LogP contribution is 2.28. The summed E-state index contributed by atoms with van der Waals surface area (Å²) in [4.78, 5) is 0. The number of aliphatic hydroxyl groups is 1. The Balaban J connectivity index is 2.93. The van der Waals surface area contributed by atoms with Gasteiger partial charge in [0.2, 0.25) is 0 Å². The molecule has 0 saturated carbocycles. The largest absolute Gasteiger partial charge is 0.493 e. The van der Waals surface area contributed by atoms with E-state index in [-0.39, 0.29) is 11.6 Å². The topological polar surface area (TPSA) is 29.5 Å². The van der Waals surface area contributed by atoms with Crippen molar-refractivity contribution in [2.24, 2.45) is 0 Å². The third-order valence-corrected chi connectivity index (χ3v) is 2.58. The standard InChI is InChI=1S/C11H14BrFO2/c1-7(14)3-4-8-5-9(12)6-10(13)11(8)15-2/h5-7,14H,3-4H2,1-2H3. The Morgan fingerprint density at radius 2 is 2.20 bits per heavy atom. The van der Waals surface area contributed by atoms with E-state index in [1.165, 1.54) is 13.2 Å². The van der Waals surface area contributed by atoms with Gasteiger partial charge in [0.05, 0.1) is 13.2 Å². The van der Waals surface area contributed by atoms with Crippen LogP contribution in [0.2, 0.25) is 0 Å². The quantitative estimate of drug-likeness (QED) is 0.917. The Morgan fingerprint density at radius 1 is 1.53 bits per heavy atom. The van der Waals surface area contributed by atoms with Gasteiger partial charge in [-0.1, -0.05) is 15.9 Å². The van der Waals surface area contributed by atoms with Gasteiger partial charge in [0, 0.05) is 4.47 Å². The lowest BCUT2D eigenvalue weighted by Gasteiger charge is -2.11. The normalized spacial score (nSPS) is 12.6. The van der Waals surface area contributed by atoms with E-state index in [0.29, 0.717) is 17.3 Å². The first kappa shape index (κ1) is 12.5. The van der Waals surface area contributed by atoms with E-state index >= 15 is 0 Å². The van der Waals surface area contributed by atoms with E-state index in [1.54, 1.807) is 6.92 Å². The van der Waals surface area contributed by atoms with Gasteiger partial charge in [-0.3, -0.25) is 0 Å². The van der Waals surface area contributed by atoms with Crippen molar-refractivity contribution in [3.63, 3.8) is 0 Å². The van der Waals surface area contributed by atoms with Crippen molar-refractivity contribution < 1.29 is 14.2 Å². The Kier molecular flexibility index (Phi) is 4.54. The fraction of sp³-hybridized carbons (Fsp3) is 0.455. The maximum absolute atomic E-state index is 13.4. The minimum Gasteiger partial charge on any atom is -0.493 e. The number of halogens is 2. The smallest absolute Gasteiger partial charge is 0.166 e. The highest BCUT2D eigenvalue weighted by molar-refractivity contribution is 9.10. The van der Waals surface area contributed by atoms with E-state index in [1.807, 2.05) is 6.07 Å². The molecule has 0 amide bonds. The summed E-state index contributed by atoms with van der Waals surface area (Å²) in [5.74, 6) is -0.119. The molecule has 0 aliphatic carbocycles. The zero-order valence-electron chi connectivity index (χ0n) is 8.76. The Hall–Kier alpha value is -0.610. The zero-order chi connectivity index (χ0) is 11.4. The molecule has 1 rings (SSSR count). The van der Waals surface area contributed by atoms with Crippen molar-refractivity contribution >= 4 is 15.9 Å². The van der Waals surface area contributed by atoms with Gasteiger partial charge in [-0.15, -0.1) is 0 Å². The summed E-state index contributed by atoms with van der Waals surface area (Å²) in [6.45, 7) is 1.71. The predicted octanol–water partition coefficient (Wildman–Crippen LogP) is 2.91. The molecule has 0 aromatic heterocycles. The second-order valence-corrected chi connectivity index (χ2v) is 4.38. The molecule has 0 heterocycles. The van der Waals surface area contributed by atoms with Crippen LogP contribution in [0, 0.1) is 5.82 Å². The first-order valence-electron chi connectivity index (χ1n) is 4.74. The molecule has 2 nitrogen and oxygen atoms in total. The Morgan fingerprint density at radius 3 is 2.73 bits per heavy atom. The number of hydrogen-bond donors (Lipinski definition) is 1. The molecule has 0 aliphatic rings. The van der Waals surface area contributed by atoms with Crippen LogP contribution in [-0.2, 0) is 6.42 Å². The van der Waals surface area contributed by atoms with Crippen molar-refractivity contribution in [1.82, 2.24) is 0 Å². The summed E-state index contributed by atoms with van der Waals surface area (Å²) in [6.07, 6.45) is 0.792. The minimum atomic E-state index is -0.392. The molecule has 1 aromatic rings. The van der Waals surface area contributed by atoms with Gasteiger partial charge in [0.15, 0.2) is 11.6 Å². The van der Waals surface area contributed by atoms with E-state index in [4.69, 9.17) is 9.84 Å². The van der Waals surface area contributed by atoms with Gasteiger partial charge < -0.3 is 9.84 Å². The molecule has 0 saturated heterocycles. The fourth-order valence-electron chi connectivity index (χ4n) is 1.39. The number of aliphatic hydroxyl groups excluding tert-OH is 1. The maximum atomic E-state index is 13.4. The van der Waals surface area contributed by atoms with Gasteiger partial charge in [0.1, 0.15) is 0 Å². The van der Waals surface area contributed by atoms with Crippen LogP contribution in [0.5, 0.6) is 5.75 Å². The molecule has 84 valence electrons. The lowest BCUT2D eigenvalue weighted by Crippen LogP contribution is -2.03. The van der Waals surface area contributed by atoms with Crippen molar-refractivity contribution in [3.8, 4) is 5.75 Å². The molecule has 15 heavy (non-hydrogen) atoms. The van der Waals surface area contributed by atoms with Crippen LogP contribution >= 0.6 is 15.9 Å². The van der Waals surface area contributed by atoms with Crippen LogP contribution in [0.25, 0.3) is 0 Å². The molecule has 1 N–H and O–H groups in total. The Labute approximate surface area is 97.2 Å². The van der Waals surface area contributed by atoms with Gasteiger partial charge in [-0.05, 0) is 37.5 Å². The van der Waals surface area contributed by atoms with Crippen LogP contribution in [0.3, 0.4) is 0 Å². The molecule has 1 atom stereocenters. The average Bonchev–Trinajstić information content (AvgIpc) is 2.13. The van der Waals surface area contributed by atoms with E-state index < -0.39 is 6.10 Å². The Bertz CT molecular complexity index is 340. The summed E-state index contributed by atoms with van der Waals surface area (Å²) in [6, 6.07) is 3.18. The molecule has 0 fully saturated rings. The summed E-state index contributed by atoms with van der Waals surface area (Å²) >= 11 is 3.23. The van der Waals surface area contributed by atoms with Gasteiger partial charge >= 0.3 is 0 Å². The molecule has 0 spiro atoms. The van der Waals surface area contributed by atoms with Crippen LogP contribution in [0.4, 0.5) is 4.39 Å². The van der Waals surface area contributed by atoms with Gasteiger partial charge in [0.25, 0.3) is 0 Å². The van der Waals surface area contributed by atoms with Crippen molar-refractivity contribution in [2.45, 2.75) is 25.9 Å². The second kappa shape index (κ2) is 5.47. The lowest BCUT2D eigenvalue weighted by molar-refractivity contribution is 0.184. The number of methoxy groups -OCH3 is 1. The molecular formula is C11H14BrFO2. The molecule has 0 radical (unpaired) electrons. The highest BCUT2D eigenvalue weighted by Gasteiger charge is 2.11. The molecule has 0 bridgehead atoms. The van der Waals surface area contributed by atoms with Crippen LogP contribution in [0.15, 0.2) is 16.6 Å².